The number of nitrogens with zero attached hydrogens (tertiary/aromatic N) is 2. The number of aryl methyl sites for hydroxylation is 1. The second kappa shape index (κ2) is 13.4. The summed E-state index contributed by atoms with van der Waals surface area (Å²) in [6.07, 6.45) is 0.697. The predicted octanol–water partition coefficient (Wildman–Crippen LogP) is 4.67. The van der Waals surface area contributed by atoms with Crippen LogP contribution in [0.5, 0.6) is 5.75 Å². The molecule has 0 aliphatic heterocycles. The lowest BCUT2D eigenvalue weighted by Gasteiger charge is -2.32. The molecule has 0 aliphatic carbocycles. The Labute approximate surface area is 235 Å². The number of methoxy groups -OCH3 is 1. The maximum absolute atomic E-state index is 13.9. The number of anilines is 1. The minimum atomic E-state index is -4.19. The van der Waals surface area contributed by atoms with E-state index in [9.17, 15) is 22.4 Å². The van der Waals surface area contributed by atoms with Crippen molar-refractivity contribution in [3.63, 3.8) is 0 Å². The molecule has 0 bridgehead atoms. The molecule has 0 radical (unpaired) electrons. The second-order valence-electron chi connectivity index (χ2n) is 9.67. The van der Waals surface area contributed by atoms with Crippen LogP contribution < -0.4 is 14.4 Å². The highest BCUT2D eigenvalue weighted by Gasteiger charge is 2.33. The van der Waals surface area contributed by atoms with Gasteiger partial charge in [0.1, 0.15) is 24.2 Å². The molecule has 3 aromatic rings. The van der Waals surface area contributed by atoms with Crippen molar-refractivity contribution >= 4 is 27.5 Å². The van der Waals surface area contributed by atoms with Gasteiger partial charge < -0.3 is 15.0 Å². The third-order valence-electron chi connectivity index (χ3n) is 6.66. The first-order valence-electron chi connectivity index (χ1n) is 13.0. The lowest BCUT2D eigenvalue weighted by Crippen LogP contribution is -2.52. The van der Waals surface area contributed by atoms with Gasteiger partial charge in [0.05, 0.1) is 17.7 Å². The Bertz CT molecular complexity index is 1410. The van der Waals surface area contributed by atoms with E-state index in [0.717, 1.165) is 9.87 Å². The van der Waals surface area contributed by atoms with Crippen LogP contribution >= 0.6 is 0 Å². The molecule has 8 nitrogen and oxygen atoms in total. The van der Waals surface area contributed by atoms with Gasteiger partial charge in [0.25, 0.3) is 10.0 Å². The summed E-state index contributed by atoms with van der Waals surface area (Å²) < 4.78 is 47.6. The minimum absolute atomic E-state index is 0.0152. The molecule has 0 aliphatic rings. The fourth-order valence-electron chi connectivity index (χ4n) is 3.97. The van der Waals surface area contributed by atoms with E-state index in [2.05, 4.69) is 5.32 Å². The van der Waals surface area contributed by atoms with Crippen LogP contribution in [0.25, 0.3) is 0 Å². The molecule has 2 amide bonds. The van der Waals surface area contributed by atoms with E-state index in [4.69, 9.17) is 4.74 Å². The molecular weight excluding hydrogens is 533 g/mol. The van der Waals surface area contributed by atoms with Gasteiger partial charge in [-0.3, -0.25) is 13.9 Å². The van der Waals surface area contributed by atoms with Gasteiger partial charge in [-0.25, -0.2) is 12.8 Å². The van der Waals surface area contributed by atoms with Gasteiger partial charge in [-0.2, -0.15) is 0 Å². The summed E-state index contributed by atoms with van der Waals surface area (Å²) in [5.41, 5.74) is 1.70. The Morgan fingerprint density at radius 3 is 2.25 bits per heavy atom. The average molecular weight is 570 g/mol. The third kappa shape index (κ3) is 7.59. The number of amides is 2. The number of rotatable bonds is 12. The molecule has 3 aromatic carbocycles. The minimum Gasteiger partial charge on any atom is -0.497 e. The van der Waals surface area contributed by atoms with Crippen LogP contribution in [-0.4, -0.2) is 50.9 Å². The van der Waals surface area contributed by atoms with Gasteiger partial charge in [-0.1, -0.05) is 42.8 Å². The van der Waals surface area contributed by atoms with Crippen LogP contribution in [0.3, 0.4) is 0 Å². The SMILES string of the molecule is CC[C@H](C)NC(=O)[C@@H](C)N(Cc1ccc(F)cc1)C(=O)CN(c1cccc(OC)c1)S(=O)(=O)c1ccc(C)cc1. The van der Waals surface area contributed by atoms with E-state index < -0.39 is 34.3 Å². The number of hydrogen-bond donors (Lipinski definition) is 1. The maximum atomic E-state index is 13.9. The first-order chi connectivity index (χ1) is 19.0. The summed E-state index contributed by atoms with van der Waals surface area (Å²) in [5, 5.41) is 2.88. The maximum Gasteiger partial charge on any atom is 0.264 e. The molecular formula is C30H36FN3O5S. The fourth-order valence-corrected chi connectivity index (χ4v) is 5.37. The van der Waals surface area contributed by atoms with E-state index >= 15 is 0 Å². The number of nitrogens with one attached hydrogen (secondary N) is 1. The Kier molecular flexibility index (Phi) is 10.3. The monoisotopic (exact) mass is 569 g/mol. The lowest BCUT2D eigenvalue weighted by molar-refractivity contribution is -0.139. The van der Waals surface area contributed by atoms with Crippen molar-refractivity contribution in [1.29, 1.82) is 0 Å². The Morgan fingerprint density at radius 2 is 1.65 bits per heavy atom. The fraction of sp³-hybridized carbons (Fsp3) is 0.333. The molecule has 3 rings (SSSR count). The van der Waals surface area contributed by atoms with E-state index in [1.165, 1.54) is 54.5 Å². The smallest absolute Gasteiger partial charge is 0.264 e. The molecule has 1 N–H and O–H groups in total. The summed E-state index contributed by atoms with van der Waals surface area (Å²) in [6, 6.07) is 17.3. The molecule has 0 heterocycles. The first kappa shape index (κ1) is 30.6. The van der Waals surface area contributed by atoms with Crippen molar-refractivity contribution in [2.45, 2.75) is 57.6 Å². The molecule has 0 spiro atoms. The lowest BCUT2D eigenvalue weighted by atomic mass is 10.1. The van der Waals surface area contributed by atoms with Crippen molar-refractivity contribution in [3.8, 4) is 5.75 Å². The first-order valence-corrected chi connectivity index (χ1v) is 14.5. The number of benzene rings is 3. The number of sulfonamides is 1. The largest absolute Gasteiger partial charge is 0.497 e. The number of hydrogen-bond acceptors (Lipinski definition) is 5. The van der Waals surface area contributed by atoms with Crippen molar-refractivity contribution < 1.29 is 27.1 Å². The van der Waals surface area contributed by atoms with Crippen LogP contribution in [0.15, 0.2) is 77.7 Å². The molecule has 0 unspecified atom stereocenters. The molecule has 40 heavy (non-hydrogen) atoms. The van der Waals surface area contributed by atoms with Gasteiger partial charge in [-0.05, 0) is 69.2 Å². The number of halogens is 1. The van der Waals surface area contributed by atoms with Crippen molar-refractivity contribution in [1.82, 2.24) is 10.2 Å². The van der Waals surface area contributed by atoms with E-state index in [1.807, 2.05) is 20.8 Å². The molecule has 0 aromatic heterocycles. The Balaban J connectivity index is 2.04. The molecule has 0 saturated carbocycles. The van der Waals surface area contributed by atoms with Gasteiger partial charge >= 0.3 is 0 Å². The average Bonchev–Trinajstić information content (AvgIpc) is 2.95. The van der Waals surface area contributed by atoms with Crippen LogP contribution in [0.4, 0.5) is 10.1 Å². The van der Waals surface area contributed by atoms with Gasteiger partial charge in [0.15, 0.2) is 0 Å². The predicted molar refractivity (Wildman–Crippen MR) is 153 cm³/mol. The number of ether oxygens (including phenoxy) is 1. The van der Waals surface area contributed by atoms with Crippen LogP contribution in [0.2, 0.25) is 0 Å². The summed E-state index contributed by atoms with van der Waals surface area (Å²) in [4.78, 5) is 28.3. The van der Waals surface area contributed by atoms with Crippen LogP contribution in [0.1, 0.15) is 38.3 Å². The van der Waals surface area contributed by atoms with Crippen molar-refractivity contribution in [2.24, 2.45) is 0 Å². The molecule has 2 atom stereocenters. The normalized spacial score (nSPS) is 12.8. The zero-order chi connectivity index (χ0) is 29.4. The third-order valence-corrected chi connectivity index (χ3v) is 8.45. The number of carbonyl (C=O) groups excluding carboxylic acids is 2. The zero-order valence-electron chi connectivity index (χ0n) is 23.4. The Morgan fingerprint density at radius 1 is 1.00 bits per heavy atom. The summed E-state index contributed by atoms with van der Waals surface area (Å²) >= 11 is 0. The summed E-state index contributed by atoms with van der Waals surface area (Å²) in [5.74, 6) is -0.995. The quantitative estimate of drug-likeness (QED) is 0.342. The van der Waals surface area contributed by atoms with Crippen LogP contribution in [0, 0.1) is 12.7 Å². The highest BCUT2D eigenvalue weighted by atomic mass is 32.2. The van der Waals surface area contributed by atoms with Gasteiger partial charge in [-0.15, -0.1) is 0 Å². The van der Waals surface area contributed by atoms with Crippen LogP contribution in [-0.2, 0) is 26.2 Å². The topological polar surface area (TPSA) is 96.0 Å². The van der Waals surface area contributed by atoms with Gasteiger partial charge in [0.2, 0.25) is 11.8 Å². The van der Waals surface area contributed by atoms with Crippen molar-refractivity contribution in [2.75, 3.05) is 18.0 Å². The Hall–Kier alpha value is -3.92. The zero-order valence-corrected chi connectivity index (χ0v) is 24.2. The standard InChI is InChI=1S/C30H36FN3O5S/c1-6-22(3)32-30(36)23(4)33(19-24-12-14-25(31)15-13-24)29(35)20-34(26-8-7-9-27(18-26)39-5)40(37,38)28-16-10-21(2)11-17-28/h7-18,22-23H,6,19-20H2,1-5H3,(H,32,36)/t22-,23+/m0/s1. The van der Waals surface area contributed by atoms with Gasteiger partial charge in [0, 0.05) is 18.7 Å². The summed E-state index contributed by atoms with van der Waals surface area (Å²) in [6.45, 7) is 6.62. The second-order valence-corrected chi connectivity index (χ2v) is 11.5. The van der Waals surface area contributed by atoms with E-state index in [1.54, 1.807) is 37.3 Å². The van der Waals surface area contributed by atoms with E-state index in [0.29, 0.717) is 17.7 Å². The molecule has 214 valence electrons. The molecule has 0 saturated heterocycles. The number of carbonyl (C=O) groups is 2. The molecule has 0 fully saturated rings. The highest BCUT2D eigenvalue weighted by Crippen LogP contribution is 2.28. The van der Waals surface area contributed by atoms with Crippen molar-refractivity contribution in [3.05, 3.63) is 89.7 Å². The van der Waals surface area contributed by atoms with E-state index in [-0.39, 0.29) is 29.1 Å². The summed E-state index contributed by atoms with van der Waals surface area (Å²) in [7, 11) is -2.73. The highest BCUT2D eigenvalue weighted by molar-refractivity contribution is 7.92. The molecule has 10 heteroatoms.